The number of aryl methyl sites for hydroxylation is 1. The second-order valence-corrected chi connectivity index (χ2v) is 4.03. The van der Waals surface area contributed by atoms with E-state index in [-0.39, 0.29) is 12.5 Å². The lowest BCUT2D eigenvalue weighted by Gasteiger charge is -2.07. The van der Waals surface area contributed by atoms with Crippen molar-refractivity contribution >= 4 is 5.91 Å². The van der Waals surface area contributed by atoms with Gasteiger partial charge in [-0.15, -0.1) is 0 Å². The number of amides is 1. The molecule has 4 nitrogen and oxygen atoms in total. The molecule has 0 unspecified atom stereocenters. The Labute approximate surface area is 108 Å². The Morgan fingerprint density at radius 2 is 2.00 bits per heavy atom. The van der Waals surface area contributed by atoms with Crippen molar-refractivity contribution in [3.8, 4) is 5.75 Å². The van der Waals surface area contributed by atoms with Crippen LogP contribution in [0.25, 0.3) is 0 Å². The van der Waals surface area contributed by atoms with E-state index in [0.717, 1.165) is 18.6 Å². The fourth-order valence-electron chi connectivity index (χ4n) is 1.53. The Morgan fingerprint density at radius 3 is 2.61 bits per heavy atom. The summed E-state index contributed by atoms with van der Waals surface area (Å²) in [5, 5.41) is 2.70. The molecule has 0 aromatic heterocycles. The molecule has 0 radical (unpaired) electrons. The van der Waals surface area contributed by atoms with E-state index in [2.05, 4.69) is 12.2 Å². The Kier molecular flexibility index (Phi) is 6.87. The second-order valence-electron chi connectivity index (χ2n) is 4.03. The molecule has 0 atom stereocenters. The third-order valence-corrected chi connectivity index (χ3v) is 2.46. The van der Waals surface area contributed by atoms with Crippen LogP contribution in [0, 0.1) is 0 Å². The third-order valence-electron chi connectivity index (χ3n) is 2.46. The molecule has 0 heterocycles. The van der Waals surface area contributed by atoms with Gasteiger partial charge in [0.25, 0.3) is 5.91 Å². The maximum atomic E-state index is 11.4. The number of rotatable bonds is 8. The minimum Gasteiger partial charge on any atom is -0.484 e. The number of nitrogens with one attached hydrogen (secondary N) is 1. The number of carbonyl (C=O) groups excluding carboxylic acids is 1. The fraction of sp³-hybridized carbons (Fsp3) is 0.500. The average Bonchev–Trinajstić information content (AvgIpc) is 2.39. The summed E-state index contributed by atoms with van der Waals surface area (Å²) in [5.41, 5.74) is 1.29. The van der Waals surface area contributed by atoms with E-state index in [1.54, 1.807) is 7.11 Å². The third kappa shape index (κ3) is 5.68. The molecule has 0 saturated heterocycles. The van der Waals surface area contributed by atoms with Gasteiger partial charge in [0.15, 0.2) is 6.61 Å². The Hall–Kier alpha value is -1.55. The maximum absolute atomic E-state index is 11.4. The smallest absolute Gasteiger partial charge is 0.258 e. The van der Waals surface area contributed by atoms with Crippen LogP contribution in [0.1, 0.15) is 18.9 Å². The van der Waals surface area contributed by atoms with Gasteiger partial charge in [0.1, 0.15) is 5.75 Å². The van der Waals surface area contributed by atoms with Gasteiger partial charge >= 0.3 is 0 Å². The average molecular weight is 251 g/mol. The summed E-state index contributed by atoms with van der Waals surface area (Å²) in [6.07, 6.45) is 2.19. The molecule has 0 bridgehead atoms. The van der Waals surface area contributed by atoms with Crippen LogP contribution in [-0.4, -0.2) is 32.8 Å². The van der Waals surface area contributed by atoms with Crippen LogP contribution >= 0.6 is 0 Å². The summed E-state index contributed by atoms with van der Waals surface area (Å²) < 4.78 is 10.2. The largest absolute Gasteiger partial charge is 0.484 e. The van der Waals surface area contributed by atoms with E-state index in [4.69, 9.17) is 9.47 Å². The number of benzene rings is 1. The first-order valence-corrected chi connectivity index (χ1v) is 6.23. The Balaban J connectivity index is 2.27. The van der Waals surface area contributed by atoms with Crippen LogP contribution in [0.15, 0.2) is 24.3 Å². The lowest BCUT2D eigenvalue weighted by Crippen LogP contribution is -2.31. The van der Waals surface area contributed by atoms with Gasteiger partial charge in [-0.05, 0) is 24.1 Å². The SMILES string of the molecule is CCCc1ccc(OCC(=O)NCCOC)cc1. The van der Waals surface area contributed by atoms with Crippen molar-refractivity contribution in [1.82, 2.24) is 5.32 Å². The molecule has 0 saturated carbocycles. The van der Waals surface area contributed by atoms with Crippen LogP contribution in [0.3, 0.4) is 0 Å². The highest BCUT2D eigenvalue weighted by molar-refractivity contribution is 5.77. The zero-order chi connectivity index (χ0) is 13.2. The van der Waals surface area contributed by atoms with Crippen LogP contribution in [0.4, 0.5) is 0 Å². The summed E-state index contributed by atoms with van der Waals surface area (Å²) in [6.45, 7) is 3.21. The number of hydrogen-bond acceptors (Lipinski definition) is 3. The van der Waals surface area contributed by atoms with E-state index in [1.807, 2.05) is 24.3 Å². The number of carbonyl (C=O) groups is 1. The molecule has 0 aliphatic carbocycles. The van der Waals surface area contributed by atoms with E-state index >= 15 is 0 Å². The molecular formula is C14H21NO3. The van der Waals surface area contributed by atoms with Gasteiger partial charge < -0.3 is 14.8 Å². The van der Waals surface area contributed by atoms with Crippen molar-refractivity contribution in [2.75, 3.05) is 26.9 Å². The predicted octanol–water partition coefficient (Wildman–Crippen LogP) is 1.78. The first kappa shape index (κ1) is 14.5. The molecule has 1 rings (SSSR count). The lowest BCUT2D eigenvalue weighted by atomic mass is 10.1. The van der Waals surface area contributed by atoms with Gasteiger partial charge in [-0.25, -0.2) is 0 Å². The van der Waals surface area contributed by atoms with Crippen molar-refractivity contribution in [2.24, 2.45) is 0 Å². The monoisotopic (exact) mass is 251 g/mol. The highest BCUT2D eigenvalue weighted by Gasteiger charge is 2.01. The van der Waals surface area contributed by atoms with Gasteiger partial charge in [0.05, 0.1) is 6.61 Å². The molecule has 18 heavy (non-hydrogen) atoms. The van der Waals surface area contributed by atoms with Crippen molar-refractivity contribution in [2.45, 2.75) is 19.8 Å². The minimum atomic E-state index is -0.135. The number of ether oxygens (including phenoxy) is 2. The standard InChI is InChI=1S/C14H21NO3/c1-3-4-12-5-7-13(8-6-12)18-11-14(16)15-9-10-17-2/h5-8H,3-4,9-11H2,1-2H3,(H,15,16). The molecule has 1 aromatic rings. The molecule has 1 amide bonds. The van der Waals surface area contributed by atoms with Crippen molar-refractivity contribution in [1.29, 1.82) is 0 Å². The zero-order valence-electron chi connectivity index (χ0n) is 11.1. The zero-order valence-corrected chi connectivity index (χ0v) is 11.1. The van der Waals surface area contributed by atoms with E-state index in [9.17, 15) is 4.79 Å². The van der Waals surface area contributed by atoms with Gasteiger partial charge in [-0.2, -0.15) is 0 Å². The maximum Gasteiger partial charge on any atom is 0.258 e. The first-order chi connectivity index (χ1) is 8.76. The summed E-state index contributed by atoms with van der Waals surface area (Å²) in [4.78, 5) is 11.4. The molecule has 1 N–H and O–H groups in total. The molecule has 4 heteroatoms. The minimum absolute atomic E-state index is 0.0385. The van der Waals surface area contributed by atoms with E-state index < -0.39 is 0 Å². The molecule has 0 aliphatic heterocycles. The number of hydrogen-bond donors (Lipinski definition) is 1. The van der Waals surface area contributed by atoms with Gasteiger partial charge in [-0.3, -0.25) is 4.79 Å². The van der Waals surface area contributed by atoms with Crippen molar-refractivity contribution < 1.29 is 14.3 Å². The molecule has 0 spiro atoms. The van der Waals surface area contributed by atoms with Crippen LogP contribution < -0.4 is 10.1 Å². The predicted molar refractivity (Wildman–Crippen MR) is 70.8 cm³/mol. The van der Waals surface area contributed by atoms with Crippen molar-refractivity contribution in [3.05, 3.63) is 29.8 Å². The topological polar surface area (TPSA) is 47.6 Å². The normalized spacial score (nSPS) is 10.1. The highest BCUT2D eigenvalue weighted by Crippen LogP contribution is 2.13. The molecule has 1 aromatic carbocycles. The first-order valence-electron chi connectivity index (χ1n) is 6.23. The number of methoxy groups -OCH3 is 1. The quantitative estimate of drug-likeness (QED) is 0.716. The van der Waals surface area contributed by atoms with Crippen molar-refractivity contribution in [3.63, 3.8) is 0 Å². The Bertz CT molecular complexity index is 349. The molecular weight excluding hydrogens is 230 g/mol. The summed E-state index contributed by atoms with van der Waals surface area (Å²) in [6, 6.07) is 7.85. The molecule has 100 valence electrons. The summed E-state index contributed by atoms with van der Waals surface area (Å²) in [5.74, 6) is 0.585. The second kappa shape index (κ2) is 8.53. The van der Waals surface area contributed by atoms with Gasteiger partial charge in [0, 0.05) is 13.7 Å². The van der Waals surface area contributed by atoms with Crippen LogP contribution in [0.5, 0.6) is 5.75 Å². The molecule has 0 aliphatic rings. The lowest BCUT2D eigenvalue weighted by molar-refractivity contribution is -0.123. The summed E-state index contributed by atoms with van der Waals surface area (Å²) >= 11 is 0. The van der Waals surface area contributed by atoms with E-state index in [1.165, 1.54) is 5.56 Å². The Morgan fingerprint density at radius 1 is 1.28 bits per heavy atom. The summed E-state index contributed by atoms with van der Waals surface area (Å²) in [7, 11) is 1.60. The highest BCUT2D eigenvalue weighted by atomic mass is 16.5. The van der Waals surface area contributed by atoms with E-state index in [0.29, 0.717) is 13.2 Å². The van der Waals surface area contributed by atoms with Crippen LogP contribution in [-0.2, 0) is 16.0 Å². The molecule has 0 fully saturated rings. The van der Waals surface area contributed by atoms with Gasteiger partial charge in [0.2, 0.25) is 0 Å². The fourth-order valence-corrected chi connectivity index (χ4v) is 1.53. The van der Waals surface area contributed by atoms with Crippen LogP contribution in [0.2, 0.25) is 0 Å². The van der Waals surface area contributed by atoms with Gasteiger partial charge in [-0.1, -0.05) is 25.5 Å².